The van der Waals surface area contributed by atoms with Gasteiger partial charge in [-0.3, -0.25) is 10.1 Å². The molecule has 0 fully saturated rings. The van der Waals surface area contributed by atoms with Crippen molar-refractivity contribution in [2.75, 3.05) is 5.32 Å². The summed E-state index contributed by atoms with van der Waals surface area (Å²) in [7, 11) is 0. The molecule has 1 N–H and O–H groups in total. The van der Waals surface area contributed by atoms with Gasteiger partial charge >= 0.3 is 0 Å². The van der Waals surface area contributed by atoms with E-state index in [9.17, 15) is 4.79 Å². The van der Waals surface area contributed by atoms with Gasteiger partial charge in [-0.1, -0.05) is 23.7 Å². The number of nitrogens with zero attached hydrogens (tertiary/aromatic N) is 2. The van der Waals surface area contributed by atoms with Gasteiger partial charge in [-0.25, -0.2) is 4.98 Å². The molecule has 6 heteroatoms. The van der Waals surface area contributed by atoms with E-state index >= 15 is 0 Å². The fourth-order valence-electron chi connectivity index (χ4n) is 1.04. The number of rotatable bonds is 2. The molecule has 1 amide bonds. The number of amides is 1. The van der Waals surface area contributed by atoms with Crippen LogP contribution in [0.3, 0.4) is 0 Å². The number of nitrogens with one attached hydrogen (secondary N) is 1. The van der Waals surface area contributed by atoms with Gasteiger partial charge in [0, 0.05) is 11.5 Å². The Morgan fingerprint density at radius 3 is 2.87 bits per heavy atom. The predicted octanol–water partition coefficient (Wildman–Crippen LogP) is 2.44. The Morgan fingerprint density at radius 2 is 2.20 bits per heavy atom. The molecule has 0 bridgehead atoms. The molecule has 1 aromatic heterocycles. The van der Waals surface area contributed by atoms with Crippen LogP contribution in [0.15, 0.2) is 30.6 Å². The zero-order valence-corrected chi connectivity index (χ0v) is 9.05. The van der Waals surface area contributed by atoms with Gasteiger partial charge in [-0.05, 0) is 12.1 Å². The number of hydrogen-bond acceptors (Lipinski definition) is 4. The fraction of sp³-hybridized carbons (Fsp3) is 0. The van der Waals surface area contributed by atoms with Crippen LogP contribution in [0.4, 0.5) is 5.13 Å². The summed E-state index contributed by atoms with van der Waals surface area (Å²) in [5.74, 6) is -0.280. The lowest BCUT2D eigenvalue weighted by Crippen LogP contribution is -2.11. The van der Waals surface area contributed by atoms with Crippen LogP contribution in [-0.4, -0.2) is 15.3 Å². The molecule has 0 atom stereocenters. The molecular weight excluding hydrogens is 234 g/mol. The third kappa shape index (κ3) is 2.31. The van der Waals surface area contributed by atoms with Crippen LogP contribution in [0.5, 0.6) is 0 Å². The Morgan fingerprint density at radius 1 is 1.40 bits per heavy atom. The normalized spacial score (nSPS) is 9.93. The van der Waals surface area contributed by atoms with Gasteiger partial charge in [-0.2, -0.15) is 4.37 Å². The largest absolute Gasteiger partial charge is 0.297 e. The molecule has 2 rings (SSSR count). The Kier molecular flexibility index (Phi) is 2.94. The van der Waals surface area contributed by atoms with Crippen LogP contribution < -0.4 is 5.32 Å². The Balaban J connectivity index is 2.19. The number of anilines is 1. The molecule has 15 heavy (non-hydrogen) atoms. The van der Waals surface area contributed by atoms with Gasteiger partial charge in [0.1, 0.15) is 6.33 Å². The number of aromatic nitrogens is 2. The molecule has 0 radical (unpaired) electrons. The molecular formula is C9H6ClN3OS. The van der Waals surface area contributed by atoms with Crippen molar-refractivity contribution >= 4 is 34.2 Å². The molecule has 1 heterocycles. The highest BCUT2D eigenvalue weighted by Gasteiger charge is 2.10. The van der Waals surface area contributed by atoms with E-state index in [0.29, 0.717) is 15.7 Å². The van der Waals surface area contributed by atoms with E-state index < -0.39 is 0 Å². The Labute approximate surface area is 95.1 Å². The van der Waals surface area contributed by atoms with E-state index in [1.807, 2.05) is 0 Å². The fourth-order valence-corrected chi connectivity index (χ4v) is 1.69. The van der Waals surface area contributed by atoms with Crippen molar-refractivity contribution in [1.82, 2.24) is 9.36 Å². The summed E-state index contributed by atoms with van der Waals surface area (Å²) in [4.78, 5) is 15.5. The summed E-state index contributed by atoms with van der Waals surface area (Å²) in [5.41, 5.74) is 0.425. The highest BCUT2D eigenvalue weighted by Crippen LogP contribution is 2.17. The average Bonchev–Trinajstić information content (AvgIpc) is 2.71. The van der Waals surface area contributed by atoms with Crippen molar-refractivity contribution in [3.8, 4) is 0 Å². The second kappa shape index (κ2) is 4.37. The first-order valence-corrected chi connectivity index (χ1v) is 5.25. The lowest BCUT2D eigenvalue weighted by Gasteiger charge is -2.02. The molecule has 76 valence electrons. The van der Waals surface area contributed by atoms with Crippen LogP contribution >= 0.6 is 23.1 Å². The first-order chi connectivity index (χ1) is 7.27. The van der Waals surface area contributed by atoms with Gasteiger partial charge < -0.3 is 0 Å². The molecule has 2 aromatic rings. The highest BCUT2D eigenvalue weighted by molar-refractivity contribution is 7.09. The van der Waals surface area contributed by atoms with Crippen molar-refractivity contribution in [2.24, 2.45) is 0 Å². The number of carbonyl (C=O) groups excluding carboxylic acids is 1. The first-order valence-electron chi connectivity index (χ1n) is 4.10. The molecule has 0 aliphatic heterocycles. The van der Waals surface area contributed by atoms with Crippen LogP contribution in [0.1, 0.15) is 10.4 Å². The van der Waals surface area contributed by atoms with Crippen LogP contribution in [0.2, 0.25) is 5.02 Å². The summed E-state index contributed by atoms with van der Waals surface area (Å²) in [6.07, 6.45) is 1.38. The average molecular weight is 240 g/mol. The third-order valence-electron chi connectivity index (χ3n) is 1.70. The smallest absolute Gasteiger partial charge is 0.258 e. The molecule has 0 aliphatic carbocycles. The van der Waals surface area contributed by atoms with E-state index in [0.717, 1.165) is 11.5 Å². The third-order valence-corrected chi connectivity index (χ3v) is 2.61. The summed E-state index contributed by atoms with van der Waals surface area (Å²) < 4.78 is 3.77. The molecule has 4 nitrogen and oxygen atoms in total. The second-order valence-electron chi connectivity index (χ2n) is 2.68. The van der Waals surface area contributed by atoms with Crippen molar-refractivity contribution in [3.63, 3.8) is 0 Å². The minimum Gasteiger partial charge on any atom is -0.297 e. The topological polar surface area (TPSA) is 54.9 Å². The number of hydrogen-bond donors (Lipinski definition) is 1. The number of halogens is 1. The molecule has 0 saturated heterocycles. The monoisotopic (exact) mass is 239 g/mol. The molecule has 0 saturated carbocycles. The van der Waals surface area contributed by atoms with E-state index in [4.69, 9.17) is 11.6 Å². The predicted molar refractivity (Wildman–Crippen MR) is 59.3 cm³/mol. The van der Waals surface area contributed by atoms with Crippen molar-refractivity contribution in [2.45, 2.75) is 0 Å². The lowest BCUT2D eigenvalue weighted by molar-refractivity contribution is 0.102. The van der Waals surface area contributed by atoms with E-state index in [-0.39, 0.29) is 5.91 Å². The molecule has 0 aliphatic rings. The van der Waals surface area contributed by atoms with E-state index in [1.54, 1.807) is 24.3 Å². The van der Waals surface area contributed by atoms with Crippen molar-refractivity contribution < 1.29 is 4.79 Å². The first kappa shape index (κ1) is 10.1. The minimum atomic E-state index is -0.280. The van der Waals surface area contributed by atoms with E-state index in [2.05, 4.69) is 14.7 Å². The minimum absolute atomic E-state index is 0.280. The van der Waals surface area contributed by atoms with Gasteiger partial charge in [0.2, 0.25) is 5.13 Å². The molecule has 1 aromatic carbocycles. The van der Waals surface area contributed by atoms with Gasteiger partial charge in [0.15, 0.2) is 0 Å². The maximum Gasteiger partial charge on any atom is 0.258 e. The van der Waals surface area contributed by atoms with Gasteiger partial charge in [0.25, 0.3) is 5.91 Å². The van der Waals surface area contributed by atoms with E-state index in [1.165, 1.54) is 6.33 Å². The number of carbonyl (C=O) groups is 1. The summed E-state index contributed by atoms with van der Waals surface area (Å²) in [6, 6.07) is 6.83. The SMILES string of the molecule is O=C(Nc1ncns1)c1ccccc1Cl. The summed E-state index contributed by atoms with van der Waals surface area (Å²) in [6.45, 7) is 0. The quantitative estimate of drug-likeness (QED) is 0.876. The van der Waals surface area contributed by atoms with Crippen LogP contribution in [-0.2, 0) is 0 Å². The standard InChI is InChI=1S/C9H6ClN3OS/c10-7-4-2-1-3-6(7)8(14)13-9-11-5-12-15-9/h1-5H,(H,11,12,13,14). The van der Waals surface area contributed by atoms with Crippen molar-refractivity contribution in [3.05, 3.63) is 41.2 Å². The van der Waals surface area contributed by atoms with Crippen LogP contribution in [0, 0.1) is 0 Å². The lowest BCUT2D eigenvalue weighted by atomic mass is 10.2. The zero-order chi connectivity index (χ0) is 10.7. The van der Waals surface area contributed by atoms with Crippen molar-refractivity contribution in [1.29, 1.82) is 0 Å². The Bertz CT molecular complexity index is 472. The summed E-state index contributed by atoms with van der Waals surface area (Å²) >= 11 is 6.98. The molecule has 0 spiro atoms. The maximum atomic E-state index is 11.7. The zero-order valence-electron chi connectivity index (χ0n) is 7.48. The summed E-state index contributed by atoms with van der Waals surface area (Å²) in [5, 5.41) is 3.48. The Hall–Kier alpha value is -1.46. The second-order valence-corrected chi connectivity index (χ2v) is 3.87. The highest BCUT2D eigenvalue weighted by atomic mass is 35.5. The van der Waals surface area contributed by atoms with Gasteiger partial charge in [-0.15, -0.1) is 0 Å². The number of benzene rings is 1. The van der Waals surface area contributed by atoms with Gasteiger partial charge in [0.05, 0.1) is 10.6 Å². The molecule has 0 unspecified atom stereocenters. The van der Waals surface area contributed by atoms with Crippen LogP contribution in [0.25, 0.3) is 0 Å². The maximum absolute atomic E-state index is 11.7.